The quantitative estimate of drug-likeness (QED) is 0.569. The first kappa shape index (κ1) is 21.4. The Morgan fingerprint density at radius 1 is 1.35 bits per heavy atom. The summed E-state index contributed by atoms with van der Waals surface area (Å²) in [5, 5.41) is 4.49. The fourth-order valence-electron chi connectivity index (χ4n) is 3.71. The predicted molar refractivity (Wildman–Crippen MR) is 118 cm³/mol. The molecule has 1 aliphatic rings. The molecule has 0 aliphatic carbocycles. The fraction of sp³-hybridized carbons (Fsp3) is 0.409. The molecule has 0 radical (unpaired) electrons. The number of amides is 1. The molecule has 2 aromatic heterocycles. The number of ether oxygens (including phenoxy) is 1. The van der Waals surface area contributed by atoms with Crippen LogP contribution in [-0.2, 0) is 24.1 Å². The largest absolute Gasteiger partial charge is 0.444 e. The topological polar surface area (TPSA) is 83.1 Å². The molecule has 0 spiro atoms. The minimum Gasteiger partial charge on any atom is -0.444 e. The van der Waals surface area contributed by atoms with Gasteiger partial charge in [-0.25, -0.2) is 19.2 Å². The number of carbonyl (C=O) groups is 1. The van der Waals surface area contributed by atoms with Crippen molar-refractivity contribution in [2.45, 2.75) is 45.8 Å². The van der Waals surface area contributed by atoms with E-state index in [0.29, 0.717) is 31.9 Å². The second-order valence-corrected chi connectivity index (χ2v) is 8.94. The monoisotopic (exact) mass is 445 g/mol. The number of hydrogen-bond donors (Lipinski definition) is 2. The molecule has 4 rings (SSSR count). The Morgan fingerprint density at radius 2 is 2.16 bits per heavy atom. The number of carbonyl (C=O) groups excluding carboxylic acids is 1. The van der Waals surface area contributed by atoms with E-state index in [-0.39, 0.29) is 17.2 Å². The average molecular weight is 446 g/mol. The van der Waals surface area contributed by atoms with E-state index in [1.165, 1.54) is 12.1 Å². The van der Waals surface area contributed by atoms with Crippen LogP contribution in [0.15, 0.2) is 24.4 Å². The van der Waals surface area contributed by atoms with Gasteiger partial charge in [-0.15, -0.1) is 0 Å². The number of halogens is 2. The third kappa shape index (κ3) is 4.90. The summed E-state index contributed by atoms with van der Waals surface area (Å²) < 4.78 is 18.9. The van der Waals surface area contributed by atoms with Crippen molar-refractivity contribution in [1.82, 2.24) is 19.9 Å². The van der Waals surface area contributed by atoms with Gasteiger partial charge in [0.25, 0.3) is 0 Å². The Morgan fingerprint density at radius 3 is 2.94 bits per heavy atom. The molecule has 0 bridgehead atoms. The maximum Gasteiger partial charge on any atom is 0.410 e. The molecule has 1 aliphatic heterocycles. The van der Waals surface area contributed by atoms with Gasteiger partial charge in [0.1, 0.15) is 17.2 Å². The highest BCUT2D eigenvalue weighted by molar-refractivity contribution is 6.28. The average Bonchev–Trinajstić information content (AvgIpc) is 3.08. The van der Waals surface area contributed by atoms with Crippen molar-refractivity contribution in [1.29, 1.82) is 0 Å². The lowest BCUT2D eigenvalue weighted by atomic mass is 10.1. The van der Waals surface area contributed by atoms with Crippen LogP contribution in [0.25, 0.3) is 10.9 Å². The molecular weight excluding hydrogens is 421 g/mol. The third-order valence-corrected chi connectivity index (χ3v) is 5.27. The summed E-state index contributed by atoms with van der Waals surface area (Å²) in [7, 11) is 0. The number of H-pyrrole nitrogens is 1. The first-order valence-corrected chi connectivity index (χ1v) is 10.6. The summed E-state index contributed by atoms with van der Waals surface area (Å²) in [5.74, 6) is 0.423. The van der Waals surface area contributed by atoms with Gasteiger partial charge in [0.15, 0.2) is 0 Å². The van der Waals surface area contributed by atoms with Gasteiger partial charge in [0, 0.05) is 35.8 Å². The molecule has 0 saturated carbocycles. The SMILES string of the molecule is CC(C)(C)OC(=O)N1CCc2c(nc(Cl)nc2NCCc2c[nH]c3cc(F)ccc23)C1. The first-order chi connectivity index (χ1) is 14.7. The van der Waals surface area contributed by atoms with E-state index in [1.807, 2.05) is 27.0 Å². The summed E-state index contributed by atoms with van der Waals surface area (Å²) in [4.78, 5) is 25.8. The van der Waals surface area contributed by atoms with Crippen molar-refractivity contribution in [3.8, 4) is 0 Å². The number of hydrogen-bond acceptors (Lipinski definition) is 5. The standard InChI is InChI=1S/C22H25ClFN5O2/c1-22(2,3)31-21(30)29-9-7-16-18(12-29)27-20(23)28-19(16)25-8-6-13-11-26-17-10-14(24)4-5-15(13)17/h4-5,10-11,26H,6-9,12H2,1-3H3,(H,25,27,28). The lowest BCUT2D eigenvalue weighted by molar-refractivity contribution is 0.0221. The van der Waals surface area contributed by atoms with Crippen LogP contribution in [0.5, 0.6) is 0 Å². The number of anilines is 1. The minimum absolute atomic E-state index is 0.134. The van der Waals surface area contributed by atoms with Gasteiger partial charge >= 0.3 is 6.09 Å². The molecule has 9 heteroatoms. The van der Waals surface area contributed by atoms with Crippen LogP contribution >= 0.6 is 11.6 Å². The number of aromatic amines is 1. The normalized spacial score (nSPS) is 13.9. The lowest BCUT2D eigenvalue weighted by Crippen LogP contribution is -2.40. The Kier molecular flexibility index (Phi) is 5.75. The Hall–Kier alpha value is -2.87. The van der Waals surface area contributed by atoms with Crippen molar-refractivity contribution >= 4 is 34.4 Å². The van der Waals surface area contributed by atoms with Crippen LogP contribution in [0, 0.1) is 5.82 Å². The smallest absolute Gasteiger partial charge is 0.410 e. The van der Waals surface area contributed by atoms with E-state index in [0.717, 1.165) is 34.1 Å². The highest BCUT2D eigenvalue weighted by Crippen LogP contribution is 2.26. The molecule has 2 N–H and O–H groups in total. The number of nitrogens with one attached hydrogen (secondary N) is 2. The van der Waals surface area contributed by atoms with Crippen LogP contribution in [0.1, 0.15) is 37.6 Å². The molecule has 0 atom stereocenters. The highest BCUT2D eigenvalue weighted by Gasteiger charge is 2.28. The second kappa shape index (κ2) is 8.34. The van der Waals surface area contributed by atoms with Crippen LogP contribution in [0.3, 0.4) is 0 Å². The van der Waals surface area contributed by atoms with Gasteiger partial charge in [0.2, 0.25) is 5.28 Å². The Labute approximate surface area is 185 Å². The van der Waals surface area contributed by atoms with Crippen molar-refractivity contribution in [2.75, 3.05) is 18.4 Å². The van der Waals surface area contributed by atoms with E-state index in [4.69, 9.17) is 16.3 Å². The van der Waals surface area contributed by atoms with Gasteiger partial charge in [-0.1, -0.05) is 0 Å². The van der Waals surface area contributed by atoms with E-state index in [1.54, 1.807) is 11.0 Å². The zero-order chi connectivity index (χ0) is 22.2. The molecule has 31 heavy (non-hydrogen) atoms. The lowest BCUT2D eigenvalue weighted by Gasteiger charge is -2.31. The van der Waals surface area contributed by atoms with Crippen molar-refractivity contribution < 1.29 is 13.9 Å². The van der Waals surface area contributed by atoms with Crippen molar-refractivity contribution in [2.24, 2.45) is 0 Å². The number of aromatic nitrogens is 3. The molecule has 0 unspecified atom stereocenters. The van der Waals surface area contributed by atoms with Gasteiger partial charge in [-0.2, -0.15) is 0 Å². The summed E-state index contributed by atoms with van der Waals surface area (Å²) >= 11 is 6.15. The zero-order valence-electron chi connectivity index (χ0n) is 17.8. The minimum atomic E-state index is -0.554. The number of rotatable bonds is 4. The summed E-state index contributed by atoms with van der Waals surface area (Å²) in [6.07, 6.45) is 2.87. The van der Waals surface area contributed by atoms with E-state index in [2.05, 4.69) is 20.3 Å². The number of nitrogens with zero attached hydrogens (tertiary/aromatic N) is 3. The molecule has 0 saturated heterocycles. The predicted octanol–water partition coefficient (Wildman–Crippen LogP) is 4.70. The number of fused-ring (bicyclic) bond motifs is 2. The summed E-state index contributed by atoms with van der Waals surface area (Å²) in [5.41, 5.74) is 3.00. The highest BCUT2D eigenvalue weighted by atomic mass is 35.5. The Bertz CT molecular complexity index is 1130. The molecule has 0 fully saturated rings. The molecular formula is C22H25ClFN5O2. The third-order valence-electron chi connectivity index (χ3n) is 5.11. The maximum absolute atomic E-state index is 13.4. The van der Waals surface area contributed by atoms with Crippen LogP contribution < -0.4 is 5.32 Å². The van der Waals surface area contributed by atoms with Gasteiger partial charge in [-0.3, -0.25) is 0 Å². The van der Waals surface area contributed by atoms with Gasteiger partial charge < -0.3 is 19.9 Å². The molecule has 3 heterocycles. The summed E-state index contributed by atoms with van der Waals surface area (Å²) in [6, 6.07) is 4.73. The molecule has 164 valence electrons. The first-order valence-electron chi connectivity index (χ1n) is 10.2. The van der Waals surface area contributed by atoms with Gasteiger partial charge in [0.05, 0.1) is 12.2 Å². The van der Waals surface area contributed by atoms with Crippen molar-refractivity contribution in [3.63, 3.8) is 0 Å². The maximum atomic E-state index is 13.4. The molecule has 3 aromatic rings. The van der Waals surface area contributed by atoms with Crippen LogP contribution in [0.2, 0.25) is 5.28 Å². The fourth-order valence-corrected chi connectivity index (χ4v) is 3.90. The van der Waals surface area contributed by atoms with E-state index >= 15 is 0 Å². The molecule has 1 amide bonds. The number of benzene rings is 1. The van der Waals surface area contributed by atoms with Gasteiger partial charge in [-0.05, 0) is 69.0 Å². The molecule has 7 nitrogen and oxygen atoms in total. The van der Waals surface area contributed by atoms with Crippen LogP contribution in [0.4, 0.5) is 15.0 Å². The van der Waals surface area contributed by atoms with E-state index < -0.39 is 5.60 Å². The van der Waals surface area contributed by atoms with E-state index in [9.17, 15) is 9.18 Å². The summed E-state index contributed by atoms with van der Waals surface area (Å²) in [6.45, 7) is 7.00. The second-order valence-electron chi connectivity index (χ2n) is 8.60. The Balaban J connectivity index is 1.45. The van der Waals surface area contributed by atoms with Crippen LogP contribution in [-0.4, -0.2) is 44.6 Å². The molecule has 1 aromatic carbocycles. The van der Waals surface area contributed by atoms with Crippen molar-refractivity contribution in [3.05, 3.63) is 52.3 Å². The zero-order valence-corrected chi connectivity index (χ0v) is 18.5.